The van der Waals surface area contributed by atoms with Gasteiger partial charge in [0.15, 0.2) is 0 Å². The van der Waals surface area contributed by atoms with Crippen molar-refractivity contribution in [2.75, 3.05) is 0 Å². The minimum Gasteiger partial charge on any atom is -0.461 e. The second-order valence-corrected chi connectivity index (χ2v) is 4.20. The van der Waals surface area contributed by atoms with Gasteiger partial charge in [-0.3, -0.25) is 14.8 Å². The second kappa shape index (κ2) is 7.26. The van der Waals surface area contributed by atoms with Crippen LogP contribution < -0.4 is 0 Å². The lowest BCUT2D eigenvalue weighted by Crippen LogP contribution is -2.05. The van der Waals surface area contributed by atoms with E-state index in [1.165, 1.54) is 0 Å². The number of esters is 1. The highest BCUT2D eigenvalue weighted by Crippen LogP contribution is 2.04. The predicted molar refractivity (Wildman–Crippen MR) is 71.2 cm³/mol. The maximum absolute atomic E-state index is 11.5. The van der Waals surface area contributed by atoms with Crippen LogP contribution in [0, 0.1) is 0 Å². The third-order valence-corrected chi connectivity index (χ3v) is 2.67. The van der Waals surface area contributed by atoms with Crippen LogP contribution >= 0.6 is 0 Å². The summed E-state index contributed by atoms with van der Waals surface area (Å²) in [5.41, 5.74) is 1.91. The Morgan fingerprint density at radius 2 is 2.00 bits per heavy atom. The average molecular weight is 256 g/mol. The fourth-order valence-electron chi connectivity index (χ4n) is 1.68. The fraction of sp³-hybridized carbons (Fsp3) is 0.267. The van der Waals surface area contributed by atoms with Crippen LogP contribution in [0.5, 0.6) is 0 Å². The lowest BCUT2D eigenvalue weighted by atomic mass is 10.2. The first-order valence-electron chi connectivity index (χ1n) is 6.29. The first-order chi connectivity index (χ1) is 9.34. The van der Waals surface area contributed by atoms with Crippen molar-refractivity contribution in [3.05, 3.63) is 60.2 Å². The number of aromatic nitrogens is 2. The number of aryl methyl sites for hydroxylation is 1. The molecule has 19 heavy (non-hydrogen) atoms. The van der Waals surface area contributed by atoms with Crippen molar-refractivity contribution in [1.29, 1.82) is 0 Å². The third kappa shape index (κ3) is 4.87. The van der Waals surface area contributed by atoms with Crippen LogP contribution in [-0.4, -0.2) is 15.9 Å². The smallest absolute Gasteiger partial charge is 0.306 e. The Morgan fingerprint density at radius 3 is 2.74 bits per heavy atom. The van der Waals surface area contributed by atoms with E-state index < -0.39 is 0 Å². The van der Waals surface area contributed by atoms with Crippen LogP contribution in [0.1, 0.15) is 24.1 Å². The molecule has 2 aromatic rings. The zero-order valence-corrected chi connectivity index (χ0v) is 10.7. The van der Waals surface area contributed by atoms with E-state index in [0.29, 0.717) is 13.0 Å². The van der Waals surface area contributed by atoms with Gasteiger partial charge in [-0.2, -0.15) is 0 Å². The van der Waals surface area contributed by atoms with E-state index in [4.69, 9.17) is 4.74 Å². The summed E-state index contributed by atoms with van der Waals surface area (Å²) in [5, 5.41) is 0. The van der Waals surface area contributed by atoms with E-state index in [1.807, 2.05) is 30.3 Å². The number of carbonyl (C=O) groups excluding carboxylic acids is 1. The molecule has 2 rings (SSSR count). The van der Waals surface area contributed by atoms with Gasteiger partial charge in [-0.1, -0.05) is 30.3 Å². The van der Waals surface area contributed by atoms with Crippen LogP contribution in [-0.2, 0) is 22.6 Å². The Bertz CT molecular complexity index is 500. The Morgan fingerprint density at radius 1 is 1.16 bits per heavy atom. The maximum atomic E-state index is 11.5. The summed E-state index contributed by atoms with van der Waals surface area (Å²) in [6.45, 7) is 0.338. The number of hydrogen-bond donors (Lipinski definition) is 0. The molecule has 0 amide bonds. The Balaban J connectivity index is 1.65. The molecule has 4 nitrogen and oxygen atoms in total. The summed E-state index contributed by atoms with van der Waals surface area (Å²) in [5.74, 6) is -0.173. The van der Waals surface area contributed by atoms with Crippen LogP contribution in [0.25, 0.3) is 0 Å². The van der Waals surface area contributed by atoms with Crippen molar-refractivity contribution in [3.63, 3.8) is 0 Å². The molecule has 1 aromatic carbocycles. The predicted octanol–water partition coefficient (Wildman–Crippen LogP) is 2.54. The van der Waals surface area contributed by atoms with Crippen LogP contribution in [0.4, 0.5) is 0 Å². The molecular weight excluding hydrogens is 240 g/mol. The topological polar surface area (TPSA) is 52.1 Å². The minimum atomic E-state index is -0.173. The van der Waals surface area contributed by atoms with Gasteiger partial charge in [0.25, 0.3) is 0 Å². The number of carbonyl (C=O) groups is 1. The van der Waals surface area contributed by atoms with E-state index in [0.717, 1.165) is 24.1 Å². The van der Waals surface area contributed by atoms with Crippen molar-refractivity contribution >= 4 is 5.97 Å². The lowest BCUT2D eigenvalue weighted by molar-refractivity contribution is -0.145. The molecule has 4 heteroatoms. The third-order valence-electron chi connectivity index (χ3n) is 2.67. The number of hydrogen-bond acceptors (Lipinski definition) is 4. The summed E-state index contributed by atoms with van der Waals surface area (Å²) in [6.07, 6.45) is 6.89. The molecule has 1 heterocycles. The zero-order chi connectivity index (χ0) is 13.3. The lowest BCUT2D eigenvalue weighted by Gasteiger charge is -2.04. The van der Waals surface area contributed by atoms with Crippen molar-refractivity contribution in [2.24, 2.45) is 0 Å². The second-order valence-electron chi connectivity index (χ2n) is 4.20. The van der Waals surface area contributed by atoms with E-state index in [1.54, 1.807) is 18.6 Å². The van der Waals surface area contributed by atoms with Gasteiger partial charge in [0, 0.05) is 25.0 Å². The highest BCUT2D eigenvalue weighted by molar-refractivity contribution is 5.69. The number of nitrogens with zero attached hydrogens (tertiary/aromatic N) is 2. The summed E-state index contributed by atoms with van der Waals surface area (Å²) in [7, 11) is 0. The van der Waals surface area contributed by atoms with E-state index in [-0.39, 0.29) is 5.97 Å². The summed E-state index contributed by atoms with van der Waals surface area (Å²) in [4.78, 5) is 19.7. The molecule has 0 fully saturated rings. The number of rotatable bonds is 6. The molecule has 98 valence electrons. The van der Waals surface area contributed by atoms with Gasteiger partial charge in [0.05, 0.1) is 5.69 Å². The highest BCUT2D eigenvalue weighted by Gasteiger charge is 2.04. The van der Waals surface area contributed by atoms with Gasteiger partial charge >= 0.3 is 5.97 Å². The van der Waals surface area contributed by atoms with Gasteiger partial charge < -0.3 is 4.74 Å². The Hall–Kier alpha value is -2.23. The molecular formula is C15H16N2O2. The quantitative estimate of drug-likeness (QED) is 0.745. The molecule has 0 radical (unpaired) electrons. The van der Waals surface area contributed by atoms with Crippen molar-refractivity contribution < 1.29 is 9.53 Å². The molecule has 0 N–H and O–H groups in total. The van der Waals surface area contributed by atoms with Gasteiger partial charge in [-0.05, 0) is 18.4 Å². The Kier molecular flexibility index (Phi) is 5.05. The van der Waals surface area contributed by atoms with E-state index in [2.05, 4.69) is 9.97 Å². The molecule has 0 saturated heterocycles. The summed E-state index contributed by atoms with van der Waals surface area (Å²) >= 11 is 0. The molecule has 0 saturated carbocycles. The maximum Gasteiger partial charge on any atom is 0.306 e. The number of ether oxygens (including phenoxy) is 1. The molecule has 0 bridgehead atoms. The van der Waals surface area contributed by atoms with E-state index in [9.17, 15) is 4.79 Å². The standard InChI is InChI=1S/C15H16N2O2/c18-15(19-12-13-5-2-1-3-6-13)8-4-7-14-11-16-9-10-17-14/h1-3,5-6,9-11H,4,7-8,12H2. The molecule has 0 aliphatic heterocycles. The Labute approximate surface area is 112 Å². The largest absolute Gasteiger partial charge is 0.461 e. The van der Waals surface area contributed by atoms with Crippen molar-refractivity contribution in [2.45, 2.75) is 25.9 Å². The zero-order valence-electron chi connectivity index (χ0n) is 10.7. The molecule has 0 unspecified atom stereocenters. The van der Waals surface area contributed by atoms with Crippen LogP contribution in [0.3, 0.4) is 0 Å². The molecule has 0 aliphatic rings. The van der Waals surface area contributed by atoms with Gasteiger partial charge in [-0.15, -0.1) is 0 Å². The van der Waals surface area contributed by atoms with Crippen molar-refractivity contribution in [1.82, 2.24) is 9.97 Å². The summed E-state index contributed by atoms with van der Waals surface area (Å²) in [6, 6.07) is 9.67. The van der Waals surface area contributed by atoms with Crippen LogP contribution in [0.2, 0.25) is 0 Å². The van der Waals surface area contributed by atoms with E-state index >= 15 is 0 Å². The molecule has 0 atom stereocenters. The van der Waals surface area contributed by atoms with Crippen molar-refractivity contribution in [3.8, 4) is 0 Å². The fourth-order valence-corrected chi connectivity index (χ4v) is 1.68. The monoisotopic (exact) mass is 256 g/mol. The highest BCUT2D eigenvalue weighted by atomic mass is 16.5. The van der Waals surface area contributed by atoms with Gasteiger partial charge in [-0.25, -0.2) is 0 Å². The molecule has 1 aromatic heterocycles. The SMILES string of the molecule is O=C(CCCc1cnccn1)OCc1ccccc1. The normalized spacial score (nSPS) is 10.1. The average Bonchev–Trinajstić information content (AvgIpc) is 2.47. The van der Waals surface area contributed by atoms with Crippen LogP contribution in [0.15, 0.2) is 48.9 Å². The number of benzene rings is 1. The van der Waals surface area contributed by atoms with Gasteiger partial charge in [0.1, 0.15) is 6.61 Å². The first-order valence-corrected chi connectivity index (χ1v) is 6.29. The summed E-state index contributed by atoms with van der Waals surface area (Å²) < 4.78 is 5.19. The minimum absolute atomic E-state index is 0.173. The molecule has 0 aliphatic carbocycles. The van der Waals surface area contributed by atoms with Gasteiger partial charge in [0.2, 0.25) is 0 Å². The molecule has 0 spiro atoms. The first kappa shape index (κ1) is 13.2.